The van der Waals surface area contributed by atoms with Crippen LogP contribution in [0.2, 0.25) is 0 Å². The van der Waals surface area contributed by atoms with Crippen molar-refractivity contribution in [2.45, 2.75) is 9.79 Å². The second-order valence-corrected chi connectivity index (χ2v) is 9.38. The van der Waals surface area contributed by atoms with Crippen molar-refractivity contribution in [3.8, 4) is 0 Å². The molecule has 0 saturated carbocycles. The summed E-state index contributed by atoms with van der Waals surface area (Å²) in [5.41, 5.74) is 6.53. The van der Waals surface area contributed by atoms with E-state index >= 15 is 0 Å². The first-order chi connectivity index (χ1) is 9.88. The second-order valence-electron chi connectivity index (χ2n) is 4.30. The molecule has 112 valence electrons. The number of hydrogen-bond donors (Lipinski definition) is 1. The molecule has 0 aliphatic rings. The van der Waals surface area contributed by atoms with E-state index in [4.69, 9.17) is 5.73 Å². The van der Waals surface area contributed by atoms with E-state index in [0.717, 1.165) is 13.8 Å². The van der Waals surface area contributed by atoms with Gasteiger partial charge in [-0.2, -0.15) is 0 Å². The van der Waals surface area contributed by atoms with E-state index in [2.05, 4.69) is 31.9 Å². The van der Waals surface area contributed by atoms with Gasteiger partial charge in [0, 0.05) is 25.3 Å². The second kappa shape index (κ2) is 7.17. The zero-order valence-corrected chi connectivity index (χ0v) is 15.7. The van der Waals surface area contributed by atoms with Crippen molar-refractivity contribution in [3.05, 3.63) is 51.4 Å². The SMILES string of the molecule is Nc1ccc(Br)cc1SCCS(=O)(=O)c1ccc(Br)cc1. The Kier molecular flexibility index (Phi) is 5.76. The molecular weight excluding hydrogens is 438 g/mol. The highest BCUT2D eigenvalue weighted by atomic mass is 79.9. The number of hydrogen-bond acceptors (Lipinski definition) is 4. The Morgan fingerprint density at radius 1 is 1.00 bits per heavy atom. The van der Waals surface area contributed by atoms with Crippen LogP contribution in [0.3, 0.4) is 0 Å². The van der Waals surface area contributed by atoms with Crippen molar-refractivity contribution >= 4 is 59.1 Å². The zero-order chi connectivity index (χ0) is 15.5. The zero-order valence-electron chi connectivity index (χ0n) is 10.9. The molecule has 0 bridgehead atoms. The highest BCUT2D eigenvalue weighted by Crippen LogP contribution is 2.28. The maximum Gasteiger partial charge on any atom is 0.179 e. The van der Waals surface area contributed by atoms with Gasteiger partial charge in [-0.25, -0.2) is 8.42 Å². The van der Waals surface area contributed by atoms with Crippen molar-refractivity contribution in [1.82, 2.24) is 0 Å². The molecule has 0 atom stereocenters. The monoisotopic (exact) mass is 449 g/mol. The molecule has 2 aromatic carbocycles. The average Bonchev–Trinajstić information content (AvgIpc) is 2.43. The molecule has 21 heavy (non-hydrogen) atoms. The molecular formula is C14H13Br2NO2S2. The fourth-order valence-electron chi connectivity index (χ4n) is 1.65. The lowest BCUT2D eigenvalue weighted by atomic mass is 10.3. The van der Waals surface area contributed by atoms with E-state index in [1.165, 1.54) is 11.8 Å². The fourth-order valence-corrected chi connectivity index (χ4v) is 5.09. The first-order valence-corrected chi connectivity index (χ1v) is 10.3. The summed E-state index contributed by atoms with van der Waals surface area (Å²) in [6.07, 6.45) is 0. The van der Waals surface area contributed by atoms with E-state index < -0.39 is 9.84 Å². The molecule has 2 aromatic rings. The third-order valence-corrected chi connectivity index (χ3v) is 6.84. The third-order valence-electron chi connectivity index (χ3n) is 2.76. The molecule has 0 fully saturated rings. The summed E-state index contributed by atoms with van der Waals surface area (Å²) < 4.78 is 26.2. The average molecular weight is 451 g/mol. The highest BCUT2D eigenvalue weighted by molar-refractivity contribution is 9.10. The Hall–Kier alpha value is -0.500. The van der Waals surface area contributed by atoms with Crippen molar-refractivity contribution in [3.63, 3.8) is 0 Å². The quantitative estimate of drug-likeness (QED) is 0.543. The summed E-state index contributed by atoms with van der Waals surface area (Å²) in [5.74, 6) is 0.532. The van der Waals surface area contributed by atoms with E-state index in [9.17, 15) is 8.42 Å². The minimum Gasteiger partial charge on any atom is -0.398 e. The van der Waals surface area contributed by atoms with Crippen LogP contribution in [0.25, 0.3) is 0 Å². The summed E-state index contributed by atoms with van der Waals surface area (Å²) in [5, 5.41) is 0. The Balaban J connectivity index is 2.02. The molecule has 7 heteroatoms. The van der Waals surface area contributed by atoms with Gasteiger partial charge in [0.15, 0.2) is 9.84 Å². The van der Waals surface area contributed by atoms with Gasteiger partial charge in [-0.05, 0) is 42.5 Å². The highest BCUT2D eigenvalue weighted by Gasteiger charge is 2.14. The normalized spacial score (nSPS) is 11.5. The van der Waals surface area contributed by atoms with Crippen LogP contribution in [0.5, 0.6) is 0 Å². The van der Waals surface area contributed by atoms with Crippen LogP contribution in [-0.4, -0.2) is 19.9 Å². The Bertz CT molecular complexity index is 731. The van der Waals surface area contributed by atoms with E-state index in [-0.39, 0.29) is 5.75 Å². The number of thioether (sulfide) groups is 1. The van der Waals surface area contributed by atoms with Crippen LogP contribution in [0.1, 0.15) is 0 Å². The smallest absolute Gasteiger partial charge is 0.179 e. The molecule has 0 radical (unpaired) electrons. The van der Waals surface area contributed by atoms with Gasteiger partial charge in [-0.1, -0.05) is 31.9 Å². The summed E-state index contributed by atoms with van der Waals surface area (Å²) in [6.45, 7) is 0. The minimum absolute atomic E-state index is 0.0747. The standard InChI is InChI=1S/C14H13Br2NO2S2/c15-10-1-4-12(5-2-10)21(18,19)8-7-20-14-9-11(16)3-6-13(14)17/h1-6,9H,7-8,17H2. The molecule has 2 N–H and O–H groups in total. The minimum atomic E-state index is -3.26. The van der Waals surface area contributed by atoms with Gasteiger partial charge in [0.25, 0.3) is 0 Å². The molecule has 0 aliphatic carbocycles. The van der Waals surface area contributed by atoms with Crippen LogP contribution in [0, 0.1) is 0 Å². The van der Waals surface area contributed by atoms with Crippen LogP contribution in [-0.2, 0) is 9.84 Å². The number of rotatable bonds is 5. The topological polar surface area (TPSA) is 60.2 Å². The van der Waals surface area contributed by atoms with Crippen LogP contribution < -0.4 is 5.73 Å². The van der Waals surface area contributed by atoms with Gasteiger partial charge in [0.1, 0.15) is 0 Å². The predicted molar refractivity (Wildman–Crippen MR) is 95.5 cm³/mol. The maximum atomic E-state index is 12.2. The van der Waals surface area contributed by atoms with Gasteiger partial charge in [0.05, 0.1) is 10.6 Å². The van der Waals surface area contributed by atoms with Crippen molar-refractivity contribution < 1.29 is 8.42 Å². The van der Waals surface area contributed by atoms with Crippen LogP contribution in [0.4, 0.5) is 5.69 Å². The maximum absolute atomic E-state index is 12.2. The van der Waals surface area contributed by atoms with Gasteiger partial charge in [-0.3, -0.25) is 0 Å². The first kappa shape index (κ1) is 16.9. The Morgan fingerprint density at radius 2 is 1.62 bits per heavy atom. The third kappa shape index (κ3) is 4.74. The Morgan fingerprint density at radius 3 is 2.29 bits per heavy atom. The number of nitrogen functional groups attached to an aromatic ring is 1. The molecule has 0 unspecified atom stereocenters. The summed E-state index contributed by atoms with van der Waals surface area (Å²) >= 11 is 8.11. The number of sulfone groups is 1. The Labute approximate surface area is 145 Å². The van der Waals surface area contributed by atoms with Crippen molar-refractivity contribution in [2.24, 2.45) is 0 Å². The van der Waals surface area contributed by atoms with E-state index in [1.807, 2.05) is 12.1 Å². The molecule has 0 spiro atoms. The number of nitrogens with two attached hydrogens (primary N) is 1. The molecule has 0 saturated heterocycles. The molecule has 0 aromatic heterocycles. The predicted octanol–water partition coefficient (Wildman–Crippen LogP) is 4.36. The molecule has 3 nitrogen and oxygen atoms in total. The largest absolute Gasteiger partial charge is 0.398 e. The van der Waals surface area contributed by atoms with Gasteiger partial charge < -0.3 is 5.73 Å². The van der Waals surface area contributed by atoms with Gasteiger partial charge in [0.2, 0.25) is 0 Å². The summed E-state index contributed by atoms with van der Waals surface area (Å²) in [4.78, 5) is 1.23. The van der Waals surface area contributed by atoms with Gasteiger partial charge >= 0.3 is 0 Å². The van der Waals surface area contributed by atoms with E-state index in [1.54, 1.807) is 30.3 Å². The van der Waals surface area contributed by atoms with Crippen molar-refractivity contribution in [1.29, 1.82) is 0 Å². The fraction of sp³-hybridized carbons (Fsp3) is 0.143. The number of anilines is 1. The summed E-state index contributed by atoms with van der Waals surface area (Å²) in [6, 6.07) is 12.2. The molecule has 2 rings (SSSR count). The van der Waals surface area contributed by atoms with Crippen LogP contribution >= 0.6 is 43.6 Å². The van der Waals surface area contributed by atoms with Gasteiger partial charge in [-0.15, -0.1) is 11.8 Å². The first-order valence-electron chi connectivity index (χ1n) is 6.04. The lowest BCUT2D eigenvalue weighted by Crippen LogP contribution is -2.08. The molecule has 0 aliphatic heterocycles. The molecule has 0 amide bonds. The lowest BCUT2D eigenvalue weighted by molar-refractivity contribution is 0.597. The van der Waals surface area contributed by atoms with E-state index in [0.29, 0.717) is 16.3 Å². The summed E-state index contributed by atoms with van der Waals surface area (Å²) in [7, 11) is -3.26. The van der Waals surface area contributed by atoms with Crippen molar-refractivity contribution in [2.75, 3.05) is 17.2 Å². The lowest BCUT2D eigenvalue weighted by Gasteiger charge is -2.07. The number of benzene rings is 2. The van der Waals surface area contributed by atoms with Crippen LogP contribution in [0.15, 0.2) is 61.2 Å². The number of halogens is 2. The molecule has 0 heterocycles.